The highest BCUT2D eigenvalue weighted by atomic mass is 32.2. The summed E-state index contributed by atoms with van der Waals surface area (Å²) in [4.78, 5) is 14.1. The van der Waals surface area contributed by atoms with Gasteiger partial charge in [-0.3, -0.25) is 10.1 Å². The van der Waals surface area contributed by atoms with Crippen molar-refractivity contribution in [2.45, 2.75) is 12.2 Å². The van der Waals surface area contributed by atoms with Crippen molar-refractivity contribution in [3.63, 3.8) is 0 Å². The lowest BCUT2D eigenvalue weighted by Gasteiger charge is -2.10. The van der Waals surface area contributed by atoms with Gasteiger partial charge in [-0.05, 0) is 6.26 Å². The van der Waals surface area contributed by atoms with Crippen LogP contribution in [-0.2, 0) is 0 Å². The summed E-state index contributed by atoms with van der Waals surface area (Å²) < 4.78 is 0. The van der Waals surface area contributed by atoms with E-state index in [0.717, 1.165) is 0 Å². The van der Waals surface area contributed by atoms with Crippen molar-refractivity contribution in [2.75, 3.05) is 23.9 Å². The van der Waals surface area contributed by atoms with Crippen LogP contribution in [0.2, 0.25) is 0 Å². The third-order valence-corrected chi connectivity index (χ3v) is 2.99. The molecule has 0 radical (unpaired) electrons. The van der Waals surface area contributed by atoms with Crippen molar-refractivity contribution in [2.24, 2.45) is 0 Å². The van der Waals surface area contributed by atoms with Gasteiger partial charge < -0.3 is 11.1 Å². The Bertz CT molecular complexity index is 386. The lowest BCUT2D eigenvalue weighted by atomic mass is 10.3. The summed E-state index contributed by atoms with van der Waals surface area (Å²) in [5, 5.41) is 14.0. The summed E-state index contributed by atoms with van der Waals surface area (Å²) in [6.45, 7) is 2.74. The average Bonchev–Trinajstić information content (AvgIpc) is 2.25. The first-order chi connectivity index (χ1) is 7.52. The Labute approximate surface area is 97.8 Å². The average molecular weight is 242 g/mol. The molecule has 7 heteroatoms. The molecule has 1 atom stereocenters. The molecule has 0 saturated carbocycles. The van der Waals surface area contributed by atoms with E-state index in [1.54, 1.807) is 11.8 Å². The van der Waals surface area contributed by atoms with Gasteiger partial charge in [-0.25, -0.2) is 4.98 Å². The van der Waals surface area contributed by atoms with Gasteiger partial charge in [0.1, 0.15) is 11.6 Å². The zero-order valence-electron chi connectivity index (χ0n) is 9.14. The molecule has 0 aliphatic heterocycles. The van der Waals surface area contributed by atoms with Crippen molar-refractivity contribution in [3.8, 4) is 0 Å². The quantitative estimate of drug-likeness (QED) is 0.603. The molecule has 0 saturated heterocycles. The van der Waals surface area contributed by atoms with Gasteiger partial charge in [0.15, 0.2) is 0 Å². The van der Waals surface area contributed by atoms with E-state index < -0.39 is 4.92 Å². The van der Waals surface area contributed by atoms with Crippen LogP contribution in [0.1, 0.15) is 6.92 Å². The molecule has 0 spiro atoms. The monoisotopic (exact) mass is 242 g/mol. The number of hydrogen-bond donors (Lipinski definition) is 2. The van der Waals surface area contributed by atoms with E-state index in [2.05, 4.69) is 17.2 Å². The smallest absolute Gasteiger partial charge is 0.276 e. The van der Waals surface area contributed by atoms with E-state index in [0.29, 0.717) is 17.6 Å². The van der Waals surface area contributed by atoms with Crippen LogP contribution >= 0.6 is 11.8 Å². The summed E-state index contributed by atoms with van der Waals surface area (Å²) in [5.74, 6) is 0.584. The van der Waals surface area contributed by atoms with Crippen molar-refractivity contribution in [1.82, 2.24) is 4.98 Å². The van der Waals surface area contributed by atoms with E-state index in [1.165, 1.54) is 12.1 Å². The van der Waals surface area contributed by atoms with Gasteiger partial charge in [-0.1, -0.05) is 6.92 Å². The molecule has 0 amide bonds. The first kappa shape index (κ1) is 12.6. The van der Waals surface area contributed by atoms with Crippen LogP contribution in [0.4, 0.5) is 17.3 Å². The maximum atomic E-state index is 10.6. The number of nitrogens with one attached hydrogen (secondary N) is 1. The van der Waals surface area contributed by atoms with Crippen LogP contribution in [0.5, 0.6) is 0 Å². The number of rotatable bonds is 5. The molecular weight excluding hydrogens is 228 g/mol. The van der Waals surface area contributed by atoms with E-state index >= 15 is 0 Å². The molecule has 1 heterocycles. The number of nitrogen functional groups attached to an aromatic ring is 1. The fourth-order valence-corrected chi connectivity index (χ4v) is 1.31. The zero-order valence-corrected chi connectivity index (χ0v) is 9.95. The Morgan fingerprint density at radius 2 is 2.38 bits per heavy atom. The maximum Gasteiger partial charge on any atom is 0.276 e. The standard InChI is InChI=1S/C9H14N4O2S/c1-6(16-2)5-11-9-4-7(13(14)15)3-8(10)12-9/h3-4,6H,5H2,1-2H3,(H3,10,11,12). The second-order valence-electron chi connectivity index (χ2n) is 3.32. The van der Waals surface area contributed by atoms with Gasteiger partial charge >= 0.3 is 0 Å². The molecule has 3 N–H and O–H groups in total. The number of nitrogens with zero attached hydrogens (tertiary/aromatic N) is 2. The van der Waals surface area contributed by atoms with Crippen LogP contribution in [0, 0.1) is 10.1 Å². The van der Waals surface area contributed by atoms with E-state index in [4.69, 9.17) is 5.73 Å². The largest absolute Gasteiger partial charge is 0.383 e. The molecule has 6 nitrogen and oxygen atoms in total. The Morgan fingerprint density at radius 1 is 1.69 bits per heavy atom. The van der Waals surface area contributed by atoms with Crippen molar-refractivity contribution < 1.29 is 4.92 Å². The van der Waals surface area contributed by atoms with Gasteiger partial charge in [0.2, 0.25) is 0 Å². The third-order valence-electron chi connectivity index (χ3n) is 2.01. The highest BCUT2D eigenvalue weighted by Crippen LogP contribution is 2.19. The first-order valence-corrected chi connectivity index (χ1v) is 6.00. The summed E-state index contributed by atoms with van der Waals surface area (Å²) in [6, 6.07) is 2.62. The minimum Gasteiger partial charge on any atom is -0.383 e. The number of hydrogen-bond acceptors (Lipinski definition) is 6. The van der Waals surface area contributed by atoms with Gasteiger partial charge in [0.25, 0.3) is 5.69 Å². The number of nitro groups is 1. The minimum atomic E-state index is -0.485. The minimum absolute atomic E-state index is 0.0493. The van der Waals surface area contributed by atoms with Gasteiger partial charge in [0, 0.05) is 11.8 Å². The topological polar surface area (TPSA) is 94.1 Å². The summed E-state index contributed by atoms with van der Waals surface area (Å²) in [7, 11) is 0. The fourth-order valence-electron chi connectivity index (χ4n) is 1.06. The summed E-state index contributed by atoms with van der Waals surface area (Å²) >= 11 is 1.70. The first-order valence-electron chi connectivity index (χ1n) is 4.71. The highest BCUT2D eigenvalue weighted by Gasteiger charge is 2.10. The molecule has 16 heavy (non-hydrogen) atoms. The van der Waals surface area contributed by atoms with Crippen LogP contribution in [0.3, 0.4) is 0 Å². The number of anilines is 2. The molecule has 88 valence electrons. The number of nitrogens with two attached hydrogens (primary N) is 1. The predicted octanol–water partition coefficient (Wildman–Crippen LogP) is 1.74. The van der Waals surface area contributed by atoms with Crippen molar-refractivity contribution in [1.29, 1.82) is 0 Å². The summed E-state index contributed by atoms with van der Waals surface area (Å²) in [6.07, 6.45) is 2.00. The predicted molar refractivity (Wildman–Crippen MR) is 66.8 cm³/mol. The third kappa shape index (κ3) is 3.58. The van der Waals surface area contributed by atoms with Crippen molar-refractivity contribution >= 4 is 29.1 Å². The molecular formula is C9H14N4O2S. The highest BCUT2D eigenvalue weighted by molar-refractivity contribution is 7.99. The van der Waals surface area contributed by atoms with E-state index in [1.807, 2.05) is 6.26 Å². The van der Waals surface area contributed by atoms with E-state index in [-0.39, 0.29) is 11.5 Å². The van der Waals surface area contributed by atoms with E-state index in [9.17, 15) is 10.1 Å². The Hall–Kier alpha value is -1.50. The van der Waals surface area contributed by atoms with Crippen LogP contribution in [0.25, 0.3) is 0 Å². The molecule has 1 rings (SSSR count). The van der Waals surface area contributed by atoms with Gasteiger partial charge in [-0.15, -0.1) is 0 Å². The normalized spacial score (nSPS) is 12.1. The maximum absolute atomic E-state index is 10.6. The molecule has 0 aliphatic carbocycles. The molecule has 0 bridgehead atoms. The Kier molecular flexibility index (Phi) is 4.36. The van der Waals surface area contributed by atoms with Gasteiger partial charge in [-0.2, -0.15) is 11.8 Å². The second-order valence-corrected chi connectivity index (χ2v) is 4.60. The van der Waals surface area contributed by atoms with Crippen LogP contribution in [-0.4, -0.2) is 28.0 Å². The number of pyridine rings is 1. The SMILES string of the molecule is CSC(C)CNc1cc([N+](=O)[O-])cc(N)n1. The molecule has 1 aromatic heterocycles. The lowest BCUT2D eigenvalue weighted by Crippen LogP contribution is -2.14. The summed E-state index contributed by atoms with van der Waals surface area (Å²) in [5.41, 5.74) is 5.43. The van der Waals surface area contributed by atoms with Crippen molar-refractivity contribution in [3.05, 3.63) is 22.2 Å². The Balaban J connectivity index is 2.76. The van der Waals surface area contributed by atoms with Gasteiger partial charge in [0.05, 0.1) is 17.1 Å². The zero-order chi connectivity index (χ0) is 12.1. The molecule has 0 aliphatic rings. The molecule has 0 fully saturated rings. The number of aromatic nitrogens is 1. The molecule has 1 aromatic rings. The molecule has 0 aromatic carbocycles. The lowest BCUT2D eigenvalue weighted by molar-refractivity contribution is -0.384. The second kappa shape index (κ2) is 5.55. The Morgan fingerprint density at radius 3 is 2.94 bits per heavy atom. The van der Waals surface area contributed by atoms with Crippen LogP contribution in [0.15, 0.2) is 12.1 Å². The van der Waals surface area contributed by atoms with Crippen LogP contribution < -0.4 is 11.1 Å². The molecule has 1 unspecified atom stereocenters. The number of thioether (sulfide) groups is 1. The fraction of sp³-hybridized carbons (Fsp3) is 0.444.